The molecular formula is C11H11ClN2O2S2. The number of nitrogens with one attached hydrogen (secondary N) is 1. The van der Waals surface area contributed by atoms with Crippen LogP contribution in [-0.2, 0) is 11.3 Å². The van der Waals surface area contributed by atoms with Crippen molar-refractivity contribution in [2.75, 3.05) is 0 Å². The van der Waals surface area contributed by atoms with Crippen LogP contribution in [-0.4, -0.2) is 16.1 Å². The Bertz CT molecular complexity index is 513. The number of aromatic nitrogens is 1. The van der Waals surface area contributed by atoms with E-state index in [1.165, 1.54) is 11.3 Å². The van der Waals surface area contributed by atoms with Gasteiger partial charge in [0.15, 0.2) is 0 Å². The second-order valence-electron chi connectivity index (χ2n) is 3.60. The number of carboxylic acid groups (broad SMARTS) is 1. The molecule has 0 aliphatic carbocycles. The molecule has 0 radical (unpaired) electrons. The number of aliphatic carboxylic acids is 1. The Morgan fingerprint density at radius 1 is 1.61 bits per heavy atom. The van der Waals surface area contributed by atoms with Crippen molar-refractivity contribution in [3.63, 3.8) is 0 Å². The molecule has 0 saturated carbocycles. The van der Waals surface area contributed by atoms with Crippen molar-refractivity contribution in [1.29, 1.82) is 0 Å². The van der Waals surface area contributed by atoms with Gasteiger partial charge in [-0.15, -0.1) is 22.7 Å². The summed E-state index contributed by atoms with van der Waals surface area (Å²) in [6.07, 6.45) is 1.65. The number of carboxylic acids is 1. The molecule has 96 valence electrons. The van der Waals surface area contributed by atoms with Crippen LogP contribution in [0.15, 0.2) is 23.7 Å². The van der Waals surface area contributed by atoms with Crippen LogP contribution in [0.1, 0.15) is 22.3 Å². The number of halogens is 1. The molecule has 0 aliphatic heterocycles. The van der Waals surface area contributed by atoms with Gasteiger partial charge in [-0.3, -0.25) is 4.79 Å². The molecule has 1 unspecified atom stereocenters. The maximum absolute atomic E-state index is 10.9. The average Bonchev–Trinajstić information content (AvgIpc) is 2.94. The van der Waals surface area contributed by atoms with E-state index >= 15 is 0 Å². The third-order valence-corrected chi connectivity index (χ3v) is 4.39. The number of thiazole rings is 1. The van der Waals surface area contributed by atoms with Gasteiger partial charge in [-0.2, -0.15) is 0 Å². The Balaban J connectivity index is 1.99. The lowest BCUT2D eigenvalue weighted by atomic mass is 10.1. The molecule has 0 aliphatic rings. The minimum absolute atomic E-state index is 0.0552. The molecule has 2 aromatic rings. The zero-order chi connectivity index (χ0) is 13.0. The summed E-state index contributed by atoms with van der Waals surface area (Å²) in [5.74, 6) is -0.821. The van der Waals surface area contributed by atoms with Gasteiger partial charge in [0, 0.05) is 11.4 Å². The van der Waals surface area contributed by atoms with Gasteiger partial charge in [0.05, 0.1) is 18.7 Å². The van der Waals surface area contributed by atoms with Crippen molar-refractivity contribution in [3.8, 4) is 0 Å². The highest BCUT2D eigenvalue weighted by Crippen LogP contribution is 2.24. The fraction of sp³-hybridized carbons (Fsp3) is 0.273. The monoisotopic (exact) mass is 302 g/mol. The quantitative estimate of drug-likeness (QED) is 0.860. The first kappa shape index (κ1) is 13.5. The number of hydrogen-bond acceptors (Lipinski definition) is 5. The zero-order valence-corrected chi connectivity index (χ0v) is 11.7. The Labute approximate surface area is 117 Å². The lowest BCUT2D eigenvalue weighted by Crippen LogP contribution is -2.22. The Hall–Kier alpha value is -0.950. The Morgan fingerprint density at radius 3 is 3.00 bits per heavy atom. The Morgan fingerprint density at radius 2 is 2.44 bits per heavy atom. The topological polar surface area (TPSA) is 62.2 Å². The van der Waals surface area contributed by atoms with Gasteiger partial charge >= 0.3 is 5.97 Å². The van der Waals surface area contributed by atoms with E-state index in [4.69, 9.17) is 16.7 Å². The predicted octanol–water partition coefficient (Wildman–Crippen LogP) is 3.16. The van der Waals surface area contributed by atoms with E-state index in [-0.39, 0.29) is 12.5 Å². The van der Waals surface area contributed by atoms with E-state index in [0.717, 1.165) is 9.88 Å². The summed E-state index contributed by atoms with van der Waals surface area (Å²) in [5, 5.41) is 14.9. The van der Waals surface area contributed by atoms with Crippen molar-refractivity contribution in [2.45, 2.75) is 19.0 Å². The van der Waals surface area contributed by atoms with Gasteiger partial charge < -0.3 is 10.4 Å². The molecule has 7 heteroatoms. The highest BCUT2D eigenvalue weighted by molar-refractivity contribution is 7.15. The summed E-state index contributed by atoms with van der Waals surface area (Å²) >= 11 is 8.73. The van der Waals surface area contributed by atoms with Crippen LogP contribution in [0.5, 0.6) is 0 Å². The van der Waals surface area contributed by atoms with Crippen molar-refractivity contribution in [1.82, 2.24) is 10.3 Å². The summed E-state index contributed by atoms with van der Waals surface area (Å²) in [5.41, 5.74) is 0. The molecule has 0 amide bonds. The molecule has 2 heterocycles. The van der Waals surface area contributed by atoms with Crippen molar-refractivity contribution in [3.05, 3.63) is 37.9 Å². The number of carbonyl (C=O) groups is 1. The zero-order valence-electron chi connectivity index (χ0n) is 9.30. The summed E-state index contributed by atoms with van der Waals surface area (Å²) in [6, 6.07) is 3.65. The molecule has 0 fully saturated rings. The summed E-state index contributed by atoms with van der Waals surface area (Å²) in [7, 11) is 0. The summed E-state index contributed by atoms with van der Waals surface area (Å²) in [4.78, 5) is 16.0. The highest BCUT2D eigenvalue weighted by atomic mass is 35.5. The summed E-state index contributed by atoms with van der Waals surface area (Å²) < 4.78 is 0.637. The maximum Gasteiger partial charge on any atom is 0.305 e. The normalized spacial score (nSPS) is 12.5. The van der Waals surface area contributed by atoms with Gasteiger partial charge in [0.2, 0.25) is 0 Å². The van der Waals surface area contributed by atoms with Gasteiger partial charge in [0.25, 0.3) is 0 Å². The van der Waals surface area contributed by atoms with Crippen LogP contribution >= 0.6 is 34.3 Å². The second-order valence-corrected chi connectivity index (χ2v) is 6.33. The molecule has 0 bridgehead atoms. The largest absolute Gasteiger partial charge is 0.481 e. The first-order chi connectivity index (χ1) is 8.65. The van der Waals surface area contributed by atoms with Crippen LogP contribution in [0.2, 0.25) is 4.34 Å². The van der Waals surface area contributed by atoms with Gasteiger partial charge in [-0.25, -0.2) is 4.98 Å². The van der Waals surface area contributed by atoms with Crippen LogP contribution in [0, 0.1) is 0 Å². The minimum Gasteiger partial charge on any atom is -0.481 e. The molecule has 0 aromatic carbocycles. The molecule has 2 aromatic heterocycles. The van der Waals surface area contributed by atoms with E-state index < -0.39 is 5.97 Å². The van der Waals surface area contributed by atoms with Crippen LogP contribution in [0.4, 0.5) is 0 Å². The molecule has 2 N–H and O–H groups in total. The van der Waals surface area contributed by atoms with E-state index in [2.05, 4.69) is 10.3 Å². The molecule has 4 nitrogen and oxygen atoms in total. The van der Waals surface area contributed by atoms with Crippen molar-refractivity contribution >= 4 is 40.2 Å². The van der Waals surface area contributed by atoms with Gasteiger partial charge in [-0.05, 0) is 11.4 Å². The predicted molar refractivity (Wildman–Crippen MR) is 73.3 cm³/mol. The van der Waals surface area contributed by atoms with E-state index in [0.29, 0.717) is 10.9 Å². The Kier molecular flexibility index (Phi) is 4.71. The molecule has 2 rings (SSSR count). The fourth-order valence-corrected chi connectivity index (χ4v) is 3.23. The minimum atomic E-state index is -0.821. The molecule has 0 spiro atoms. The number of rotatable bonds is 6. The third-order valence-electron chi connectivity index (χ3n) is 2.29. The third kappa shape index (κ3) is 3.78. The van der Waals surface area contributed by atoms with E-state index in [1.54, 1.807) is 17.5 Å². The van der Waals surface area contributed by atoms with Gasteiger partial charge in [0.1, 0.15) is 9.34 Å². The van der Waals surface area contributed by atoms with Crippen molar-refractivity contribution < 1.29 is 9.90 Å². The average molecular weight is 303 g/mol. The number of thiophene rings is 1. The lowest BCUT2D eigenvalue weighted by molar-refractivity contribution is -0.137. The summed E-state index contributed by atoms with van der Waals surface area (Å²) in [6.45, 7) is 0.521. The smallest absolute Gasteiger partial charge is 0.305 e. The molecule has 1 atom stereocenters. The SMILES string of the molecule is O=C(O)CC(NCc1ncc(Cl)s1)c1cccs1. The lowest BCUT2D eigenvalue weighted by Gasteiger charge is -2.14. The first-order valence-corrected chi connectivity index (χ1v) is 7.31. The van der Waals surface area contributed by atoms with Crippen LogP contribution in [0.25, 0.3) is 0 Å². The van der Waals surface area contributed by atoms with E-state index in [1.807, 2.05) is 17.5 Å². The fourth-order valence-electron chi connectivity index (χ4n) is 1.52. The molecule has 18 heavy (non-hydrogen) atoms. The maximum atomic E-state index is 10.9. The van der Waals surface area contributed by atoms with Crippen LogP contribution < -0.4 is 5.32 Å². The first-order valence-electron chi connectivity index (χ1n) is 5.24. The number of hydrogen-bond donors (Lipinski definition) is 2. The van der Waals surface area contributed by atoms with E-state index in [9.17, 15) is 4.79 Å². The van der Waals surface area contributed by atoms with Crippen LogP contribution in [0.3, 0.4) is 0 Å². The van der Waals surface area contributed by atoms with Crippen molar-refractivity contribution in [2.24, 2.45) is 0 Å². The number of nitrogens with zero attached hydrogens (tertiary/aromatic N) is 1. The molecule has 0 saturated heterocycles. The standard InChI is InChI=1S/C11H11ClN2O2S2/c12-9-5-14-10(18-9)6-13-7(4-11(15)16)8-2-1-3-17-8/h1-3,5,7,13H,4,6H2,(H,15,16). The molecular weight excluding hydrogens is 292 g/mol. The second kappa shape index (κ2) is 6.29. The van der Waals surface area contributed by atoms with Gasteiger partial charge in [-0.1, -0.05) is 17.7 Å². The highest BCUT2D eigenvalue weighted by Gasteiger charge is 2.16.